The van der Waals surface area contributed by atoms with Crippen LogP contribution in [0.2, 0.25) is 5.02 Å². The monoisotopic (exact) mass is 378 g/mol. The zero-order valence-corrected chi connectivity index (χ0v) is 16.0. The molecule has 27 heavy (non-hydrogen) atoms. The Balaban J connectivity index is 1.64. The average Bonchev–Trinajstić information content (AvgIpc) is 2.70. The molecule has 0 spiro atoms. The summed E-state index contributed by atoms with van der Waals surface area (Å²) >= 11 is 5.93. The van der Waals surface area contributed by atoms with Crippen LogP contribution in [0, 0.1) is 0 Å². The molecule has 0 radical (unpaired) electrons. The summed E-state index contributed by atoms with van der Waals surface area (Å²) < 4.78 is 0. The van der Waals surface area contributed by atoms with E-state index in [9.17, 15) is 4.79 Å². The third kappa shape index (κ3) is 5.43. The maximum Gasteiger partial charge on any atom is 0.234 e. The quantitative estimate of drug-likeness (QED) is 0.614. The van der Waals surface area contributed by atoms with E-state index >= 15 is 0 Å². The van der Waals surface area contributed by atoms with Crippen molar-refractivity contribution < 1.29 is 4.79 Å². The van der Waals surface area contributed by atoms with Crippen molar-refractivity contribution in [1.29, 1.82) is 0 Å². The zero-order valence-electron chi connectivity index (χ0n) is 15.2. The van der Waals surface area contributed by atoms with Gasteiger partial charge in [-0.2, -0.15) is 0 Å². The summed E-state index contributed by atoms with van der Waals surface area (Å²) in [6.07, 6.45) is 0. The maximum atomic E-state index is 12.5. The summed E-state index contributed by atoms with van der Waals surface area (Å²) in [5.41, 5.74) is 3.28. The summed E-state index contributed by atoms with van der Waals surface area (Å²) in [7, 11) is 0. The standard InChI is InChI=1S/C23H23ClN2O/c1-17(18-12-14-21(24)15-13-18)26-22(27)16-25-23(19-8-4-2-5-9-19)20-10-6-3-7-11-20/h2-15,17,23,25H,16H2,1H3,(H,26,27). The first-order chi connectivity index (χ1) is 13.1. The van der Waals surface area contributed by atoms with Crippen molar-refractivity contribution >= 4 is 17.5 Å². The van der Waals surface area contributed by atoms with E-state index in [0.29, 0.717) is 5.02 Å². The zero-order chi connectivity index (χ0) is 19.1. The highest BCUT2D eigenvalue weighted by molar-refractivity contribution is 6.30. The number of halogens is 1. The molecule has 0 aliphatic rings. The summed E-state index contributed by atoms with van der Waals surface area (Å²) in [5, 5.41) is 7.10. The lowest BCUT2D eigenvalue weighted by atomic mass is 9.99. The van der Waals surface area contributed by atoms with Gasteiger partial charge in [0.05, 0.1) is 18.6 Å². The fourth-order valence-corrected chi connectivity index (χ4v) is 3.17. The van der Waals surface area contributed by atoms with Crippen LogP contribution in [0.5, 0.6) is 0 Å². The molecule has 138 valence electrons. The molecule has 4 heteroatoms. The van der Waals surface area contributed by atoms with Crippen molar-refractivity contribution in [2.24, 2.45) is 0 Å². The van der Waals surface area contributed by atoms with Crippen LogP contribution >= 0.6 is 11.6 Å². The minimum Gasteiger partial charge on any atom is -0.348 e. The van der Waals surface area contributed by atoms with E-state index in [4.69, 9.17) is 11.6 Å². The minimum atomic E-state index is -0.0801. The van der Waals surface area contributed by atoms with Crippen LogP contribution in [0.4, 0.5) is 0 Å². The lowest BCUT2D eigenvalue weighted by Crippen LogP contribution is -2.37. The van der Waals surface area contributed by atoms with Crippen molar-refractivity contribution in [2.75, 3.05) is 6.54 Å². The van der Waals surface area contributed by atoms with Crippen molar-refractivity contribution in [1.82, 2.24) is 10.6 Å². The van der Waals surface area contributed by atoms with Crippen molar-refractivity contribution in [3.63, 3.8) is 0 Å². The van der Waals surface area contributed by atoms with E-state index in [1.165, 1.54) is 0 Å². The van der Waals surface area contributed by atoms with Crippen LogP contribution in [-0.4, -0.2) is 12.5 Å². The molecule has 2 N–H and O–H groups in total. The van der Waals surface area contributed by atoms with Gasteiger partial charge in [-0.05, 0) is 35.7 Å². The van der Waals surface area contributed by atoms with Crippen molar-refractivity contribution in [2.45, 2.75) is 19.0 Å². The van der Waals surface area contributed by atoms with E-state index in [1.807, 2.05) is 67.6 Å². The number of nitrogens with one attached hydrogen (secondary N) is 2. The second kappa shape index (κ2) is 9.36. The second-order valence-corrected chi connectivity index (χ2v) is 6.91. The van der Waals surface area contributed by atoms with Crippen LogP contribution in [0.15, 0.2) is 84.9 Å². The molecule has 0 aliphatic heterocycles. The molecule has 0 bridgehead atoms. The Labute approximate surface area is 165 Å². The van der Waals surface area contributed by atoms with Crippen LogP contribution in [-0.2, 0) is 4.79 Å². The molecule has 0 saturated carbocycles. The highest BCUT2D eigenvalue weighted by Gasteiger charge is 2.16. The van der Waals surface area contributed by atoms with Gasteiger partial charge in [0.1, 0.15) is 0 Å². The normalized spacial score (nSPS) is 12.0. The largest absolute Gasteiger partial charge is 0.348 e. The Morgan fingerprint density at radius 2 is 1.33 bits per heavy atom. The molecule has 3 rings (SSSR count). The lowest BCUT2D eigenvalue weighted by Gasteiger charge is -2.21. The van der Waals surface area contributed by atoms with Gasteiger partial charge >= 0.3 is 0 Å². The Hall–Kier alpha value is -2.62. The molecule has 3 aromatic rings. The summed E-state index contributed by atoms with van der Waals surface area (Å²) in [5.74, 6) is -0.0469. The van der Waals surface area contributed by atoms with Gasteiger partial charge in [-0.25, -0.2) is 0 Å². The number of benzene rings is 3. The van der Waals surface area contributed by atoms with E-state index in [-0.39, 0.29) is 24.5 Å². The molecule has 1 amide bonds. The first kappa shape index (κ1) is 19.2. The molecule has 0 aromatic heterocycles. The van der Waals surface area contributed by atoms with E-state index < -0.39 is 0 Å². The molecule has 3 nitrogen and oxygen atoms in total. The predicted molar refractivity (Wildman–Crippen MR) is 111 cm³/mol. The Bertz CT molecular complexity index is 811. The van der Waals surface area contributed by atoms with Crippen LogP contribution < -0.4 is 10.6 Å². The second-order valence-electron chi connectivity index (χ2n) is 6.48. The molecular formula is C23H23ClN2O. The molecule has 1 atom stereocenters. The third-order valence-electron chi connectivity index (χ3n) is 4.48. The molecule has 0 saturated heterocycles. The number of rotatable bonds is 7. The van der Waals surface area contributed by atoms with Gasteiger partial charge in [0.25, 0.3) is 0 Å². The summed E-state index contributed by atoms with van der Waals surface area (Å²) in [6, 6.07) is 27.7. The molecule has 3 aromatic carbocycles. The maximum absolute atomic E-state index is 12.5. The number of carbonyl (C=O) groups is 1. The lowest BCUT2D eigenvalue weighted by molar-refractivity contribution is -0.121. The van der Waals surface area contributed by atoms with Gasteiger partial charge in [0, 0.05) is 5.02 Å². The first-order valence-corrected chi connectivity index (χ1v) is 9.39. The molecular weight excluding hydrogens is 356 g/mol. The van der Waals surface area contributed by atoms with Gasteiger partial charge in [0.15, 0.2) is 0 Å². The van der Waals surface area contributed by atoms with Crippen molar-refractivity contribution in [3.8, 4) is 0 Å². The molecule has 0 fully saturated rings. The number of hydrogen-bond acceptors (Lipinski definition) is 2. The van der Waals surface area contributed by atoms with E-state index in [0.717, 1.165) is 16.7 Å². The Morgan fingerprint density at radius 1 is 0.815 bits per heavy atom. The summed E-state index contributed by atoms with van der Waals surface area (Å²) in [4.78, 5) is 12.5. The van der Waals surface area contributed by atoms with Crippen LogP contribution in [0.25, 0.3) is 0 Å². The topological polar surface area (TPSA) is 41.1 Å². The Morgan fingerprint density at radius 3 is 1.85 bits per heavy atom. The van der Waals surface area contributed by atoms with Crippen LogP contribution in [0.1, 0.15) is 35.7 Å². The van der Waals surface area contributed by atoms with Gasteiger partial charge < -0.3 is 5.32 Å². The fraction of sp³-hybridized carbons (Fsp3) is 0.174. The van der Waals surface area contributed by atoms with Gasteiger partial charge in [-0.3, -0.25) is 10.1 Å². The van der Waals surface area contributed by atoms with Crippen molar-refractivity contribution in [3.05, 3.63) is 107 Å². The third-order valence-corrected chi connectivity index (χ3v) is 4.73. The number of amides is 1. The molecule has 0 heterocycles. The van der Waals surface area contributed by atoms with Crippen LogP contribution in [0.3, 0.4) is 0 Å². The smallest absolute Gasteiger partial charge is 0.234 e. The molecule has 0 aliphatic carbocycles. The SMILES string of the molecule is CC(NC(=O)CNC(c1ccccc1)c1ccccc1)c1ccc(Cl)cc1. The summed E-state index contributed by atoms with van der Waals surface area (Å²) in [6.45, 7) is 2.19. The van der Waals surface area contributed by atoms with Gasteiger partial charge in [0.2, 0.25) is 5.91 Å². The minimum absolute atomic E-state index is 0.0380. The average molecular weight is 379 g/mol. The Kier molecular flexibility index (Phi) is 6.64. The fourth-order valence-electron chi connectivity index (χ4n) is 3.04. The van der Waals surface area contributed by atoms with E-state index in [1.54, 1.807) is 0 Å². The number of hydrogen-bond donors (Lipinski definition) is 2. The van der Waals surface area contributed by atoms with Gasteiger partial charge in [-0.15, -0.1) is 0 Å². The predicted octanol–water partition coefficient (Wildman–Crippen LogP) is 4.90. The van der Waals surface area contributed by atoms with Gasteiger partial charge in [-0.1, -0.05) is 84.4 Å². The van der Waals surface area contributed by atoms with E-state index in [2.05, 4.69) is 34.9 Å². The first-order valence-electron chi connectivity index (χ1n) is 9.01. The highest BCUT2D eigenvalue weighted by Crippen LogP contribution is 2.21. The number of carbonyl (C=O) groups excluding carboxylic acids is 1. The highest BCUT2D eigenvalue weighted by atomic mass is 35.5. The molecule has 1 unspecified atom stereocenters.